The average molecular weight is 508 g/mol. The Morgan fingerprint density at radius 3 is 2.53 bits per heavy atom. The molecule has 1 aliphatic carbocycles. The highest BCUT2D eigenvalue weighted by molar-refractivity contribution is 7.93. The van der Waals surface area contributed by atoms with E-state index in [1.165, 1.54) is 31.7 Å². The molecule has 3 N–H and O–H groups in total. The number of nitrogens with zero attached hydrogens (tertiary/aromatic N) is 3. The van der Waals surface area contributed by atoms with Crippen LogP contribution in [-0.4, -0.2) is 61.8 Å². The standard InChI is InChI=1S/C27H33N5O3S/c28-18-23-17-22(27(33)32-15-13-31(14-16-32)19-20-5-1-2-6-20)10-11-24(23)30-36(34,35)25-9-3-7-21-8-4-12-29-26(21)25/h3-4,7-12,17,20,30H,1-2,5-6,13-16,18-19,28H2. The molecule has 190 valence electrons. The first-order chi connectivity index (χ1) is 17.4. The fourth-order valence-corrected chi connectivity index (χ4v) is 6.64. The number of carbonyl (C=O) groups excluding carboxylic acids is 1. The molecule has 36 heavy (non-hydrogen) atoms. The van der Waals surface area contributed by atoms with E-state index in [0.717, 1.165) is 30.9 Å². The van der Waals surface area contributed by atoms with Gasteiger partial charge in [0.1, 0.15) is 4.90 Å². The SMILES string of the molecule is NCc1cc(C(=O)N2CCN(CC3CCCC3)CC2)ccc1NS(=O)(=O)c1cccc2cccnc12. The van der Waals surface area contributed by atoms with Gasteiger partial charge >= 0.3 is 0 Å². The molecular formula is C27H33N5O3S. The predicted octanol–water partition coefficient (Wildman–Crippen LogP) is 3.44. The highest BCUT2D eigenvalue weighted by Crippen LogP contribution is 2.27. The number of sulfonamides is 1. The smallest absolute Gasteiger partial charge is 0.264 e. The molecule has 1 saturated carbocycles. The van der Waals surface area contributed by atoms with Gasteiger partial charge in [0.15, 0.2) is 0 Å². The fourth-order valence-electron chi connectivity index (χ4n) is 5.36. The van der Waals surface area contributed by atoms with E-state index in [9.17, 15) is 13.2 Å². The lowest BCUT2D eigenvalue weighted by molar-refractivity contribution is 0.0618. The van der Waals surface area contributed by atoms with Gasteiger partial charge in [-0.15, -0.1) is 0 Å². The molecule has 3 aromatic rings. The van der Waals surface area contributed by atoms with E-state index in [-0.39, 0.29) is 17.3 Å². The molecule has 1 amide bonds. The lowest BCUT2D eigenvalue weighted by Crippen LogP contribution is -2.49. The molecule has 9 heteroatoms. The Labute approximate surface area is 212 Å². The lowest BCUT2D eigenvalue weighted by Gasteiger charge is -2.36. The monoisotopic (exact) mass is 507 g/mol. The van der Waals surface area contributed by atoms with Crippen molar-refractivity contribution in [1.29, 1.82) is 0 Å². The van der Waals surface area contributed by atoms with Gasteiger partial charge in [-0.25, -0.2) is 8.42 Å². The number of carbonyl (C=O) groups is 1. The maximum atomic E-state index is 13.2. The molecule has 1 saturated heterocycles. The summed E-state index contributed by atoms with van der Waals surface area (Å²) < 4.78 is 29.1. The van der Waals surface area contributed by atoms with E-state index >= 15 is 0 Å². The van der Waals surface area contributed by atoms with E-state index in [2.05, 4.69) is 14.6 Å². The Morgan fingerprint density at radius 2 is 1.78 bits per heavy atom. The van der Waals surface area contributed by atoms with Gasteiger partial charge in [0.2, 0.25) is 0 Å². The number of nitrogens with one attached hydrogen (secondary N) is 1. The van der Waals surface area contributed by atoms with Crippen LogP contribution in [0.15, 0.2) is 59.6 Å². The van der Waals surface area contributed by atoms with Crippen LogP contribution in [0.1, 0.15) is 41.6 Å². The number of amides is 1. The third-order valence-electron chi connectivity index (χ3n) is 7.35. The molecule has 0 radical (unpaired) electrons. The molecule has 0 unspecified atom stereocenters. The van der Waals surface area contributed by atoms with Crippen molar-refractivity contribution in [2.75, 3.05) is 37.4 Å². The molecule has 2 heterocycles. The van der Waals surface area contributed by atoms with Gasteiger partial charge in [-0.1, -0.05) is 31.0 Å². The first-order valence-corrected chi connectivity index (χ1v) is 14.1. The molecular weight excluding hydrogens is 474 g/mol. The molecule has 1 aliphatic heterocycles. The average Bonchev–Trinajstić information content (AvgIpc) is 3.41. The number of nitrogens with two attached hydrogens (primary N) is 1. The normalized spacial score (nSPS) is 17.5. The van der Waals surface area contributed by atoms with Crippen LogP contribution < -0.4 is 10.5 Å². The summed E-state index contributed by atoms with van der Waals surface area (Å²) in [6.07, 6.45) is 6.92. The number of pyridine rings is 1. The van der Waals surface area contributed by atoms with Gasteiger partial charge in [-0.2, -0.15) is 0 Å². The van der Waals surface area contributed by atoms with Gasteiger partial charge in [-0.3, -0.25) is 19.4 Å². The molecule has 0 bridgehead atoms. The van der Waals surface area contributed by atoms with E-state index < -0.39 is 10.0 Å². The van der Waals surface area contributed by atoms with Crippen molar-refractivity contribution in [2.45, 2.75) is 37.1 Å². The fraction of sp³-hybridized carbons (Fsp3) is 0.407. The number of hydrogen-bond donors (Lipinski definition) is 2. The number of fused-ring (bicyclic) bond motifs is 1. The van der Waals surface area contributed by atoms with Crippen LogP contribution in [0.25, 0.3) is 10.9 Å². The van der Waals surface area contributed by atoms with E-state index in [1.54, 1.807) is 36.5 Å². The quantitative estimate of drug-likeness (QED) is 0.507. The van der Waals surface area contributed by atoms with Crippen LogP contribution in [0.4, 0.5) is 5.69 Å². The minimum atomic E-state index is -3.91. The summed E-state index contributed by atoms with van der Waals surface area (Å²) in [5.74, 6) is 0.762. The van der Waals surface area contributed by atoms with Crippen molar-refractivity contribution in [3.05, 3.63) is 65.9 Å². The van der Waals surface area contributed by atoms with Crippen LogP contribution in [0, 0.1) is 5.92 Å². The number of hydrogen-bond acceptors (Lipinski definition) is 6. The summed E-state index contributed by atoms with van der Waals surface area (Å²) in [6, 6.07) is 13.6. The van der Waals surface area contributed by atoms with Crippen LogP contribution >= 0.6 is 0 Å². The van der Waals surface area contributed by atoms with Gasteiger partial charge in [0.05, 0.1) is 11.2 Å². The van der Waals surface area contributed by atoms with Gasteiger partial charge in [0.25, 0.3) is 15.9 Å². The van der Waals surface area contributed by atoms with Crippen molar-refractivity contribution in [2.24, 2.45) is 11.7 Å². The Kier molecular flexibility index (Phi) is 7.22. The molecule has 0 atom stereocenters. The molecule has 5 rings (SSSR count). The highest BCUT2D eigenvalue weighted by atomic mass is 32.2. The van der Waals surface area contributed by atoms with Gasteiger partial charge in [-0.05, 0) is 54.7 Å². The second kappa shape index (κ2) is 10.5. The van der Waals surface area contributed by atoms with Crippen LogP contribution in [0.3, 0.4) is 0 Å². The zero-order valence-corrected chi connectivity index (χ0v) is 21.2. The van der Waals surface area contributed by atoms with E-state index in [4.69, 9.17) is 5.73 Å². The largest absolute Gasteiger partial charge is 0.336 e. The minimum Gasteiger partial charge on any atom is -0.336 e. The summed E-state index contributed by atoms with van der Waals surface area (Å²) in [7, 11) is -3.91. The molecule has 0 spiro atoms. The summed E-state index contributed by atoms with van der Waals surface area (Å²) in [5.41, 5.74) is 7.82. The Hall–Kier alpha value is -3.01. The Morgan fingerprint density at radius 1 is 1.03 bits per heavy atom. The Balaban J connectivity index is 1.29. The number of piperazine rings is 1. The molecule has 1 aromatic heterocycles. The van der Waals surface area contributed by atoms with Crippen molar-refractivity contribution in [3.63, 3.8) is 0 Å². The lowest BCUT2D eigenvalue weighted by atomic mass is 10.1. The first kappa shape index (κ1) is 24.7. The second-order valence-corrected chi connectivity index (χ2v) is 11.4. The number of benzene rings is 2. The zero-order valence-electron chi connectivity index (χ0n) is 20.4. The van der Waals surface area contributed by atoms with Crippen LogP contribution in [0.5, 0.6) is 0 Å². The van der Waals surface area contributed by atoms with Crippen molar-refractivity contribution in [3.8, 4) is 0 Å². The maximum Gasteiger partial charge on any atom is 0.264 e. The molecule has 2 aromatic carbocycles. The number of rotatable bonds is 7. The van der Waals surface area contributed by atoms with Gasteiger partial charge in [0, 0.05) is 56.4 Å². The summed E-state index contributed by atoms with van der Waals surface area (Å²) in [4.78, 5) is 21.9. The third-order valence-corrected chi connectivity index (χ3v) is 8.75. The Bertz CT molecular complexity index is 1340. The topological polar surface area (TPSA) is 109 Å². The molecule has 2 fully saturated rings. The van der Waals surface area contributed by atoms with Crippen LogP contribution in [-0.2, 0) is 16.6 Å². The summed E-state index contributed by atoms with van der Waals surface area (Å²) in [5, 5.41) is 0.740. The van der Waals surface area contributed by atoms with Crippen molar-refractivity contribution >= 4 is 32.5 Å². The maximum absolute atomic E-state index is 13.2. The molecule has 8 nitrogen and oxygen atoms in total. The molecule has 2 aliphatic rings. The van der Waals surface area contributed by atoms with Crippen LogP contribution in [0.2, 0.25) is 0 Å². The van der Waals surface area contributed by atoms with Crippen molar-refractivity contribution < 1.29 is 13.2 Å². The third kappa shape index (κ3) is 5.23. The highest BCUT2D eigenvalue weighted by Gasteiger charge is 2.26. The zero-order chi connectivity index (χ0) is 25.1. The number of para-hydroxylation sites is 1. The second-order valence-electron chi connectivity index (χ2n) is 9.76. The minimum absolute atomic E-state index is 0.0436. The predicted molar refractivity (Wildman–Crippen MR) is 141 cm³/mol. The summed E-state index contributed by atoms with van der Waals surface area (Å²) in [6.45, 7) is 4.42. The van der Waals surface area contributed by atoms with Crippen molar-refractivity contribution in [1.82, 2.24) is 14.8 Å². The number of aromatic nitrogens is 1. The van der Waals surface area contributed by atoms with Gasteiger partial charge < -0.3 is 10.6 Å². The number of anilines is 1. The van der Waals surface area contributed by atoms with E-state index in [1.807, 2.05) is 17.0 Å². The summed E-state index contributed by atoms with van der Waals surface area (Å²) >= 11 is 0. The first-order valence-electron chi connectivity index (χ1n) is 12.7. The van der Waals surface area contributed by atoms with E-state index in [0.29, 0.717) is 35.4 Å².